The van der Waals surface area contributed by atoms with Crippen molar-refractivity contribution in [3.05, 3.63) is 21.9 Å². The summed E-state index contributed by atoms with van der Waals surface area (Å²) in [6.07, 6.45) is -5.44. The van der Waals surface area contributed by atoms with E-state index in [-0.39, 0.29) is 9.75 Å². The smallest absolute Gasteiger partial charge is 0.390 e. The molecule has 17 heavy (non-hydrogen) atoms. The molecule has 0 unspecified atom stereocenters. The molecule has 0 spiro atoms. The van der Waals surface area contributed by atoms with E-state index in [1.807, 2.05) is 0 Å². The molecule has 0 aliphatic carbocycles. The van der Waals surface area contributed by atoms with E-state index in [1.165, 1.54) is 12.1 Å². The number of rotatable bonds is 4. The maximum Gasteiger partial charge on any atom is 0.390 e. The summed E-state index contributed by atoms with van der Waals surface area (Å²) in [4.78, 5) is 21.9. The molecule has 1 aromatic heterocycles. The van der Waals surface area contributed by atoms with Crippen molar-refractivity contribution in [2.45, 2.75) is 12.6 Å². The number of thiophene rings is 1. The predicted octanol–water partition coefficient (Wildman–Crippen LogP) is 2.13. The Bertz CT molecular complexity index is 427. The number of carbonyl (C=O) groups excluding carboxylic acids is 1. The van der Waals surface area contributed by atoms with Crippen molar-refractivity contribution < 1.29 is 27.9 Å². The van der Waals surface area contributed by atoms with Crippen LogP contribution >= 0.6 is 11.3 Å². The van der Waals surface area contributed by atoms with Gasteiger partial charge in [-0.3, -0.25) is 4.79 Å². The Morgan fingerprint density at radius 3 is 2.35 bits per heavy atom. The van der Waals surface area contributed by atoms with Gasteiger partial charge in [0.05, 0.1) is 11.3 Å². The Morgan fingerprint density at radius 1 is 1.29 bits per heavy atom. The zero-order chi connectivity index (χ0) is 13.1. The van der Waals surface area contributed by atoms with Crippen LogP contribution in [-0.2, 0) is 0 Å². The number of halogens is 3. The highest BCUT2D eigenvalue weighted by Gasteiger charge is 2.26. The number of carboxylic acid groups (broad SMARTS) is 1. The maximum absolute atomic E-state index is 11.8. The molecule has 0 aromatic carbocycles. The van der Waals surface area contributed by atoms with Gasteiger partial charge in [-0.25, -0.2) is 4.79 Å². The van der Waals surface area contributed by atoms with Crippen LogP contribution in [0.2, 0.25) is 0 Å². The van der Waals surface area contributed by atoms with Crippen molar-refractivity contribution >= 4 is 23.2 Å². The number of hydrogen-bond donors (Lipinski definition) is 2. The number of nitrogens with one attached hydrogen (secondary N) is 1. The lowest BCUT2D eigenvalue weighted by molar-refractivity contribution is -0.132. The Balaban J connectivity index is 2.50. The Kier molecular flexibility index (Phi) is 4.11. The minimum Gasteiger partial charge on any atom is -0.477 e. The van der Waals surface area contributed by atoms with Crippen molar-refractivity contribution in [1.29, 1.82) is 0 Å². The van der Waals surface area contributed by atoms with Crippen LogP contribution in [-0.4, -0.2) is 29.7 Å². The highest BCUT2D eigenvalue weighted by Crippen LogP contribution is 2.19. The second kappa shape index (κ2) is 5.17. The molecular formula is C9H8F3NO3S. The summed E-state index contributed by atoms with van der Waals surface area (Å²) in [6.45, 7) is -0.525. The zero-order valence-electron chi connectivity index (χ0n) is 8.37. The van der Waals surface area contributed by atoms with Crippen molar-refractivity contribution in [2.24, 2.45) is 0 Å². The molecule has 0 aliphatic heterocycles. The van der Waals surface area contributed by atoms with E-state index >= 15 is 0 Å². The van der Waals surface area contributed by atoms with Crippen molar-refractivity contribution in [1.82, 2.24) is 5.32 Å². The summed E-state index contributed by atoms with van der Waals surface area (Å²) in [5.74, 6) is -1.88. The summed E-state index contributed by atoms with van der Waals surface area (Å²) in [6, 6.07) is 2.49. The third-order valence-electron chi connectivity index (χ3n) is 1.73. The summed E-state index contributed by atoms with van der Waals surface area (Å²) in [5.41, 5.74) is 0. The molecule has 0 radical (unpaired) electrons. The van der Waals surface area contributed by atoms with Gasteiger partial charge in [0.1, 0.15) is 4.88 Å². The fraction of sp³-hybridized carbons (Fsp3) is 0.333. The molecule has 1 rings (SSSR count). The van der Waals surface area contributed by atoms with Crippen LogP contribution in [0.5, 0.6) is 0 Å². The molecule has 94 valence electrons. The van der Waals surface area contributed by atoms with Gasteiger partial charge >= 0.3 is 12.1 Å². The summed E-state index contributed by atoms with van der Waals surface area (Å²) >= 11 is 0.714. The monoisotopic (exact) mass is 267 g/mol. The van der Waals surface area contributed by atoms with Crippen molar-refractivity contribution in [3.8, 4) is 0 Å². The number of amides is 1. The highest BCUT2D eigenvalue weighted by molar-refractivity contribution is 7.15. The van der Waals surface area contributed by atoms with E-state index in [1.54, 1.807) is 0 Å². The van der Waals surface area contributed by atoms with Crippen LogP contribution in [0, 0.1) is 0 Å². The molecule has 2 N–H and O–H groups in total. The van der Waals surface area contributed by atoms with E-state index in [4.69, 9.17) is 5.11 Å². The molecule has 0 saturated heterocycles. The molecule has 0 bridgehead atoms. The van der Waals surface area contributed by atoms with Crippen molar-refractivity contribution in [3.63, 3.8) is 0 Å². The van der Waals surface area contributed by atoms with Crippen LogP contribution in [0.4, 0.5) is 13.2 Å². The first kappa shape index (κ1) is 13.5. The summed E-state index contributed by atoms with van der Waals surface area (Å²) in [5, 5.41) is 10.7. The number of alkyl halides is 3. The number of aromatic carboxylic acids is 1. The molecular weight excluding hydrogens is 259 g/mol. The first-order chi connectivity index (χ1) is 7.79. The van der Waals surface area contributed by atoms with Crippen LogP contribution in [0.1, 0.15) is 25.8 Å². The molecule has 0 aliphatic rings. The summed E-state index contributed by atoms with van der Waals surface area (Å²) < 4.78 is 35.4. The van der Waals surface area contributed by atoms with Gasteiger partial charge in [0.25, 0.3) is 5.91 Å². The normalized spacial score (nSPS) is 11.2. The second-order valence-electron chi connectivity index (χ2n) is 3.09. The number of carboxylic acids is 1. The second-order valence-corrected chi connectivity index (χ2v) is 4.17. The molecule has 1 amide bonds. The van der Waals surface area contributed by atoms with Crippen molar-refractivity contribution in [2.75, 3.05) is 6.54 Å². The van der Waals surface area contributed by atoms with Crippen LogP contribution < -0.4 is 5.32 Å². The first-order valence-electron chi connectivity index (χ1n) is 4.47. The van der Waals surface area contributed by atoms with E-state index < -0.39 is 31.0 Å². The highest BCUT2D eigenvalue weighted by atomic mass is 32.1. The quantitative estimate of drug-likeness (QED) is 0.878. The molecule has 0 saturated carbocycles. The third-order valence-corrected chi connectivity index (χ3v) is 2.81. The van der Waals surface area contributed by atoms with E-state index in [0.717, 1.165) is 0 Å². The Hall–Kier alpha value is -1.57. The maximum atomic E-state index is 11.8. The van der Waals surface area contributed by atoms with Crippen LogP contribution in [0.3, 0.4) is 0 Å². The molecule has 4 nitrogen and oxygen atoms in total. The van der Waals surface area contributed by atoms with E-state index in [9.17, 15) is 22.8 Å². The lowest BCUT2D eigenvalue weighted by atomic mass is 10.3. The predicted molar refractivity (Wildman–Crippen MR) is 54.3 cm³/mol. The van der Waals surface area contributed by atoms with Gasteiger partial charge in [-0.1, -0.05) is 0 Å². The standard InChI is InChI=1S/C9H8F3NO3S/c10-9(11,12)3-4-13-7(14)5-1-2-6(17-5)8(15)16/h1-2H,3-4H2,(H,13,14)(H,15,16). The average Bonchev–Trinajstić information content (AvgIpc) is 2.63. The van der Waals surface area contributed by atoms with Gasteiger partial charge in [-0.2, -0.15) is 13.2 Å². The van der Waals surface area contributed by atoms with Gasteiger partial charge in [-0.15, -0.1) is 11.3 Å². The van der Waals surface area contributed by atoms with Gasteiger partial charge < -0.3 is 10.4 Å². The lowest BCUT2D eigenvalue weighted by Crippen LogP contribution is -2.27. The molecule has 8 heteroatoms. The van der Waals surface area contributed by atoms with Gasteiger partial charge in [0.15, 0.2) is 0 Å². The molecule has 0 atom stereocenters. The van der Waals surface area contributed by atoms with Crippen LogP contribution in [0.25, 0.3) is 0 Å². The number of carbonyl (C=O) groups is 2. The van der Waals surface area contributed by atoms with Gasteiger partial charge in [0, 0.05) is 6.54 Å². The zero-order valence-corrected chi connectivity index (χ0v) is 9.19. The fourth-order valence-electron chi connectivity index (χ4n) is 0.980. The first-order valence-corrected chi connectivity index (χ1v) is 5.29. The number of hydrogen-bond acceptors (Lipinski definition) is 3. The molecule has 1 aromatic rings. The van der Waals surface area contributed by atoms with Gasteiger partial charge in [0.2, 0.25) is 0 Å². The van der Waals surface area contributed by atoms with E-state index in [0.29, 0.717) is 11.3 Å². The topological polar surface area (TPSA) is 66.4 Å². The van der Waals surface area contributed by atoms with Gasteiger partial charge in [-0.05, 0) is 12.1 Å². The molecule has 1 heterocycles. The minimum atomic E-state index is -4.32. The Labute approximate surface area is 98.1 Å². The SMILES string of the molecule is O=C(O)c1ccc(C(=O)NCCC(F)(F)F)s1. The largest absolute Gasteiger partial charge is 0.477 e. The lowest BCUT2D eigenvalue weighted by Gasteiger charge is -2.06. The summed E-state index contributed by atoms with van der Waals surface area (Å²) in [7, 11) is 0. The Morgan fingerprint density at radius 2 is 1.88 bits per heavy atom. The third kappa shape index (κ3) is 4.43. The molecule has 0 fully saturated rings. The average molecular weight is 267 g/mol. The van der Waals surface area contributed by atoms with E-state index in [2.05, 4.69) is 5.32 Å². The fourth-order valence-corrected chi connectivity index (χ4v) is 1.74. The minimum absolute atomic E-state index is 0.0361. The van der Waals surface area contributed by atoms with Crippen LogP contribution in [0.15, 0.2) is 12.1 Å².